The van der Waals surface area contributed by atoms with E-state index in [1.807, 2.05) is 35.2 Å². The Morgan fingerprint density at radius 3 is 2.19 bits per heavy atom. The molecule has 7 heteroatoms. The predicted molar refractivity (Wildman–Crippen MR) is 107 cm³/mol. The molecule has 2 aliphatic heterocycles. The number of hydrogen-bond acceptors (Lipinski definition) is 4. The van der Waals surface area contributed by atoms with Crippen LogP contribution >= 0.6 is 0 Å². The Morgan fingerprint density at radius 2 is 1.59 bits per heavy atom. The first-order chi connectivity index (χ1) is 12.8. The van der Waals surface area contributed by atoms with Crippen LogP contribution in [0.2, 0.25) is 0 Å². The average Bonchev–Trinajstić information content (AvgIpc) is 2.61. The van der Waals surface area contributed by atoms with Crippen LogP contribution in [0.3, 0.4) is 0 Å². The Hall–Kier alpha value is -1.44. The van der Waals surface area contributed by atoms with Crippen molar-refractivity contribution in [3.63, 3.8) is 0 Å². The Bertz CT molecular complexity index is 720. The van der Waals surface area contributed by atoms with Crippen molar-refractivity contribution in [2.75, 3.05) is 45.8 Å². The number of piperazine rings is 1. The summed E-state index contributed by atoms with van der Waals surface area (Å²) in [6, 6.07) is 9.24. The summed E-state index contributed by atoms with van der Waals surface area (Å²) in [5.74, 6) is 1.39. The lowest BCUT2D eigenvalue weighted by molar-refractivity contribution is -0.134. The van der Waals surface area contributed by atoms with Crippen LogP contribution in [-0.2, 0) is 20.6 Å². The topological polar surface area (TPSA) is 60.9 Å². The van der Waals surface area contributed by atoms with Crippen molar-refractivity contribution in [2.45, 2.75) is 26.0 Å². The molecule has 27 heavy (non-hydrogen) atoms. The van der Waals surface area contributed by atoms with Gasteiger partial charge in [0.15, 0.2) is 0 Å². The SMILES string of the molecule is C[C@H]1C[C@H](C)CN(CC(=O)N2CCN(S(=O)(=O)Cc3ccccc3)CC2)C1. The molecule has 2 atom stereocenters. The first-order valence-electron chi connectivity index (χ1n) is 9.85. The maximum atomic E-state index is 12.6. The third-order valence-corrected chi connectivity index (χ3v) is 7.33. The second kappa shape index (κ2) is 8.71. The number of benzene rings is 1. The summed E-state index contributed by atoms with van der Waals surface area (Å²) < 4.78 is 26.8. The van der Waals surface area contributed by atoms with Gasteiger partial charge in [0.05, 0.1) is 12.3 Å². The lowest BCUT2D eigenvalue weighted by atomic mass is 9.92. The quantitative estimate of drug-likeness (QED) is 0.763. The Kier molecular flexibility index (Phi) is 6.55. The molecular formula is C20H31N3O3S. The van der Waals surface area contributed by atoms with E-state index in [9.17, 15) is 13.2 Å². The Labute approximate surface area is 163 Å². The van der Waals surface area contributed by atoms with Crippen molar-refractivity contribution in [3.8, 4) is 0 Å². The molecule has 2 fully saturated rings. The molecule has 2 aliphatic rings. The van der Waals surface area contributed by atoms with Gasteiger partial charge in [-0.05, 0) is 23.8 Å². The van der Waals surface area contributed by atoms with E-state index in [1.54, 1.807) is 0 Å². The van der Waals surface area contributed by atoms with Crippen LogP contribution in [0.4, 0.5) is 0 Å². The van der Waals surface area contributed by atoms with E-state index in [2.05, 4.69) is 18.7 Å². The number of rotatable bonds is 5. The fourth-order valence-electron chi connectivity index (χ4n) is 4.30. The van der Waals surface area contributed by atoms with Crippen LogP contribution in [-0.4, -0.2) is 74.2 Å². The number of hydrogen-bond donors (Lipinski definition) is 0. The molecule has 1 amide bonds. The van der Waals surface area contributed by atoms with Gasteiger partial charge in [0.2, 0.25) is 15.9 Å². The molecule has 6 nitrogen and oxygen atoms in total. The van der Waals surface area contributed by atoms with E-state index < -0.39 is 10.0 Å². The van der Waals surface area contributed by atoms with Crippen LogP contribution < -0.4 is 0 Å². The molecule has 3 rings (SSSR count). The molecule has 0 aromatic heterocycles. The van der Waals surface area contributed by atoms with Crippen molar-refractivity contribution in [1.82, 2.24) is 14.1 Å². The monoisotopic (exact) mass is 393 g/mol. The second-order valence-corrected chi connectivity index (χ2v) is 10.1. The highest BCUT2D eigenvalue weighted by Crippen LogP contribution is 2.21. The lowest BCUT2D eigenvalue weighted by Crippen LogP contribution is -2.53. The molecule has 1 aromatic rings. The summed E-state index contributed by atoms with van der Waals surface area (Å²) in [6.45, 7) is 8.60. The highest BCUT2D eigenvalue weighted by Gasteiger charge is 2.30. The van der Waals surface area contributed by atoms with Gasteiger partial charge in [0.25, 0.3) is 0 Å². The van der Waals surface area contributed by atoms with Crippen LogP contribution in [0.1, 0.15) is 25.8 Å². The zero-order valence-corrected chi connectivity index (χ0v) is 17.2. The zero-order valence-electron chi connectivity index (χ0n) is 16.4. The summed E-state index contributed by atoms with van der Waals surface area (Å²) in [4.78, 5) is 16.7. The largest absolute Gasteiger partial charge is 0.339 e. The maximum Gasteiger partial charge on any atom is 0.236 e. The highest BCUT2D eigenvalue weighted by molar-refractivity contribution is 7.88. The molecule has 2 heterocycles. The second-order valence-electron chi connectivity index (χ2n) is 8.16. The zero-order chi connectivity index (χ0) is 19.4. The van der Waals surface area contributed by atoms with Crippen molar-refractivity contribution >= 4 is 15.9 Å². The molecular weight excluding hydrogens is 362 g/mol. The summed E-state index contributed by atoms with van der Waals surface area (Å²) in [5, 5.41) is 0. The van der Waals surface area contributed by atoms with Gasteiger partial charge >= 0.3 is 0 Å². The standard InChI is InChI=1S/C20H31N3O3S/c1-17-12-18(2)14-21(13-17)15-20(24)22-8-10-23(11-9-22)27(25,26)16-19-6-4-3-5-7-19/h3-7,17-18H,8-16H2,1-2H3/t17-,18-/m0/s1. The summed E-state index contributed by atoms with van der Waals surface area (Å²) >= 11 is 0. The normalized spacial score (nSPS) is 25.5. The predicted octanol–water partition coefficient (Wildman–Crippen LogP) is 1.64. The summed E-state index contributed by atoms with van der Waals surface area (Å²) in [5.41, 5.74) is 0.796. The Balaban J connectivity index is 1.50. The first kappa shape index (κ1) is 20.3. The molecule has 0 radical (unpaired) electrons. The number of piperidine rings is 1. The van der Waals surface area contributed by atoms with Gasteiger partial charge in [0.1, 0.15) is 0 Å². The minimum atomic E-state index is -3.34. The maximum absolute atomic E-state index is 12.6. The number of amides is 1. The first-order valence-corrected chi connectivity index (χ1v) is 11.5. The number of nitrogens with zero attached hydrogens (tertiary/aromatic N) is 3. The van der Waals surface area contributed by atoms with Crippen LogP contribution in [0.5, 0.6) is 0 Å². The molecule has 0 saturated carbocycles. The van der Waals surface area contributed by atoms with Crippen molar-refractivity contribution in [1.29, 1.82) is 0 Å². The van der Waals surface area contributed by atoms with Crippen molar-refractivity contribution < 1.29 is 13.2 Å². The van der Waals surface area contributed by atoms with Crippen molar-refractivity contribution in [3.05, 3.63) is 35.9 Å². The number of sulfonamides is 1. The molecule has 0 spiro atoms. The molecule has 0 N–H and O–H groups in total. The van der Waals surface area contributed by atoms with E-state index in [4.69, 9.17) is 0 Å². The van der Waals surface area contributed by atoms with Gasteiger partial charge in [-0.3, -0.25) is 9.69 Å². The molecule has 2 saturated heterocycles. The third-order valence-electron chi connectivity index (χ3n) is 5.48. The van der Waals surface area contributed by atoms with Crippen LogP contribution in [0, 0.1) is 11.8 Å². The lowest BCUT2D eigenvalue weighted by Gasteiger charge is -2.38. The third kappa shape index (κ3) is 5.53. The van der Waals surface area contributed by atoms with E-state index in [0.29, 0.717) is 44.6 Å². The van der Waals surface area contributed by atoms with Gasteiger partial charge in [0, 0.05) is 39.3 Å². The molecule has 1 aromatic carbocycles. The fourth-order valence-corrected chi connectivity index (χ4v) is 5.82. The van der Waals surface area contributed by atoms with E-state index in [1.165, 1.54) is 10.7 Å². The summed E-state index contributed by atoms with van der Waals surface area (Å²) in [7, 11) is -3.34. The van der Waals surface area contributed by atoms with Crippen LogP contribution in [0.15, 0.2) is 30.3 Å². The molecule has 0 bridgehead atoms. The van der Waals surface area contributed by atoms with E-state index >= 15 is 0 Å². The average molecular weight is 394 g/mol. The number of carbonyl (C=O) groups is 1. The molecule has 0 aliphatic carbocycles. The van der Waals surface area contributed by atoms with Gasteiger partial charge in [-0.25, -0.2) is 8.42 Å². The smallest absolute Gasteiger partial charge is 0.236 e. The molecule has 0 unspecified atom stereocenters. The summed E-state index contributed by atoms with van der Waals surface area (Å²) in [6.07, 6.45) is 1.22. The Morgan fingerprint density at radius 1 is 1.00 bits per heavy atom. The number of carbonyl (C=O) groups excluding carboxylic acids is 1. The van der Waals surface area contributed by atoms with Gasteiger partial charge in [-0.1, -0.05) is 44.2 Å². The van der Waals surface area contributed by atoms with E-state index in [-0.39, 0.29) is 11.7 Å². The fraction of sp³-hybridized carbons (Fsp3) is 0.650. The van der Waals surface area contributed by atoms with Gasteiger partial charge < -0.3 is 4.90 Å². The van der Waals surface area contributed by atoms with Crippen LogP contribution in [0.25, 0.3) is 0 Å². The van der Waals surface area contributed by atoms with Gasteiger partial charge in [-0.15, -0.1) is 0 Å². The minimum Gasteiger partial charge on any atom is -0.339 e. The van der Waals surface area contributed by atoms with E-state index in [0.717, 1.165) is 18.7 Å². The molecule has 150 valence electrons. The highest BCUT2D eigenvalue weighted by atomic mass is 32.2. The van der Waals surface area contributed by atoms with Gasteiger partial charge in [-0.2, -0.15) is 4.31 Å². The number of likely N-dealkylation sites (tertiary alicyclic amines) is 1. The minimum absolute atomic E-state index is 0.0192. The van der Waals surface area contributed by atoms with Crippen molar-refractivity contribution in [2.24, 2.45) is 11.8 Å².